The number of rotatable bonds is 11. The van der Waals surface area contributed by atoms with Crippen molar-refractivity contribution in [1.29, 1.82) is 5.26 Å². The van der Waals surface area contributed by atoms with Crippen LogP contribution in [0.4, 0.5) is 5.00 Å². The first kappa shape index (κ1) is 29.7. The normalized spacial score (nSPS) is 15.1. The molecule has 2 unspecified atom stereocenters. The van der Waals surface area contributed by atoms with Gasteiger partial charge >= 0.3 is 0 Å². The van der Waals surface area contributed by atoms with Crippen LogP contribution in [0.2, 0.25) is 0 Å². The highest BCUT2D eigenvalue weighted by molar-refractivity contribution is 7.16. The van der Waals surface area contributed by atoms with E-state index in [0.717, 1.165) is 48.4 Å². The van der Waals surface area contributed by atoms with Crippen LogP contribution in [0.15, 0.2) is 43.0 Å². The van der Waals surface area contributed by atoms with Crippen LogP contribution in [0, 0.1) is 30.1 Å². The quantitative estimate of drug-likeness (QED) is 0.330. The van der Waals surface area contributed by atoms with Gasteiger partial charge in [0.1, 0.15) is 11.1 Å². The Morgan fingerprint density at radius 2 is 2.24 bits per heavy atom. The molecule has 0 bridgehead atoms. The number of thiophene rings is 1. The van der Waals surface area contributed by atoms with Crippen LogP contribution in [0.25, 0.3) is 0 Å². The number of aromatic nitrogens is 2. The summed E-state index contributed by atoms with van der Waals surface area (Å²) in [4.78, 5) is 23.6. The minimum atomic E-state index is -0.0887. The zero-order chi connectivity index (χ0) is 27.4. The zero-order valence-electron chi connectivity index (χ0n) is 22.2. The first-order valence-electron chi connectivity index (χ1n) is 12.2. The highest BCUT2D eigenvalue weighted by Gasteiger charge is 2.26. The molecule has 0 fully saturated rings. The number of anilines is 1. The summed E-state index contributed by atoms with van der Waals surface area (Å²) in [5, 5.41) is 19.9. The lowest BCUT2D eigenvalue weighted by molar-refractivity contribution is -0.116. The Kier molecular flexibility index (Phi) is 12.0. The monoisotopic (exact) mass is 523 g/mol. The predicted molar refractivity (Wildman–Crippen MR) is 148 cm³/mol. The van der Waals surface area contributed by atoms with Crippen molar-refractivity contribution >= 4 is 28.7 Å². The summed E-state index contributed by atoms with van der Waals surface area (Å²) in [7, 11) is 3.57. The van der Waals surface area contributed by atoms with Gasteiger partial charge in [0, 0.05) is 32.1 Å². The molecule has 2 N–H and O–H groups in total. The van der Waals surface area contributed by atoms with E-state index < -0.39 is 0 Å². The molecule has 37 heavy (non-hydrogen) atoms. The lowest BCUT2D eigenvalue weighted by Gasteiger charge is -2.21. The van der Waals surface area contributed by atoms with Gasteiger partial charge in [-0.2, -0.15) is 10.4 Å². The van der Waals surface area contributed by atoms with Crippen molar-refractivity contribution in [3.05, 3.63) is 70.4 Å². The minimum absolute atomic E-state index is 0.0254. The number of methoxy groups -OCH3 is 1. The van der Waals surface area contributed by atoms with Crippen molar-refractivity contribution in [3.63, 3.8) is 0 Å². The molecule has 0 aliphatic heterocycles. The van der Waals surface area contributed by atoms with Crippen LogP contribution in [0.5, 0.6) is 0 Å². The van der Waals surface area contributed by atoms with Crippen LogP contribution < -0.4 is 10.6 Å². The molecule has 198 valence electrons. The first-order valence-corrected chi connectivity index (χ1v) is 13.0. The molecule has 0 spiro atoms. The standard InChI is InChI=1S/C21H26N2O2S.C7H11N3O/c1-5-6-7-14(2)15(3)10-20(24)23-21-18(12-22)17-9-8-16(13-25-4)11-19(17)26-21;1-6-3-7(4-8-5-11)10(2)9-6/h5-7,15-16H,1-2,8-11,13H2,3-4H3,(H,23,24);3,5H,4H2,1-2H3,(H,8,11)/b7-6-;. The maximum atomic E-state index is 12.4. The van der Waals surface area contributed by atoms with E-state index in [2.05, 4.69) is 35.0 Å². The fourth-order valence-corrected chi connectivity index (χ4v) is 5.49. The summed E-state index contributed by atoms with van der Waals surface area (Å²) in [6, 6.07) is 4.23. The zero-order valence-corrected chi connectivity index (χ0v) is 23.0. The Hall–Kier alpha value is -3.48. The van der Waals surface area contributed by atoms with Crippen molar-refractivity contribution in [2.75, 3.05) is 19.0 Å². The number of aryl methyl sites for hydroxylation is 2. The van der Waals surface area contributed by atoms with Gasteiger partial charge < -0.3 is 15.4 Å². The molecule has 8 nitrogen and oxygen atoms in total. The highest BCUT2D eigenvalue weighted by Crippen LogP contribution is 2.39. The van der Waals surface area contributed by atoms with Crippen LogP contribution in [0.1, 0.15) is 47.2 Å². The maximum absolute atomic E-state index is 12.4. The van der Waals surface area contributed by atoms with E-state index in [1.807, 2.05) is 39.1 Å². The number of hydrogen-bond acceptors (Lipinski definition) is 6. The first-order chi connectivity index (χ1) is 17.7. The van der Waals surface area contributed by atoms with Crippen molar-refractivity contribution < 1.29 is 14.3 Å². The van der Waals surface area contributed by atoms with E-state index in [0.29, 0.717) is 35.9 Å². The van der Waals surface area contributed by atoms with Crippen molar-refractivity contribution in [2.45, 2.75) is 46.1 Å². The molecule has 0 radical (unpaired) electrons. The Morgan fingerprint density at radius 1 is 1.49 bits per heavy atom. The fourth-order valence-electron chi connectivity index (χ4n) is 4.16. The lowest BCUT2D eigenvalue weighted by Crippen LogP contribution is -2.17. The predicted octanol–water partition coefficient (Wildman–Crippen LogP) is 4.61. The average Bonchev–Trinajstić information content (AvgIpc) is 3.38. The van der Waals surface area contributed by atoms with Crippen molar-refractivity contribution in [3.8, 4) is 6.07 Å². The van der Waals surface area contributed by atoms with Crippen molar-refractivity contribution in [2.24, 2.45) is 18.9 Å². The summed E-state index contributed by atoms with van der Waals surface area (Å²) in [5.74, 6) is 0.424. The number of hydrogen-bond donors (Lipinski definition) is 2. The molecule has 2 amide bonds. The Labute approximate surface area is 223 Å². The van der Waals surface area contributed by atoms with Crippen LogP contribution in [0.3, 0.4) is 0 Å². The SMILES string of the molecule is C=C/C=C\C(=C)C(C)CC(=O)Nc1sc2c(c1C#N)CCC(COC)C2.Cc1cc(CNC=O)n(C)n1. The Balaban J connectivity index is 0.000000364. The molecule has 3 rings (SSSR count). The molecule has 0 saturated heterocycles. The molecular formula is C28H37N5O3S. The molecular weight excluding hydrogens is 486 g/mol. The van der Waals surface area contributed by atoms with Gasteiger partial charge in [0.2, 0.25) is 12.3 Å². The Bertz CT molecular complexity index is 1170. The number of carbonyl (C=O) groups is 2. The number of fused-ring (bicyclic) bond motifs is 1. The molecule has 2 atom stereocenters. The topological polar surface area (TPSA) is 109 Å². The fraction of sp³-hybridized carbons (Fsp3) is 0.429. The molecule has 2 aromatic rings. The van der Waals surface area contributed by atoms with Gasteiger partial charge in [-0.3, -0.25) is 14.3 Å². The molecule has 1 aliphatic rings. The number of nitriles is 1. The van der Waals surface area contributed by atoms with Gasteiger partial charge in [-0.05, 0) is 49.7 Å². The second-order valence-electron chi connectivity index (χ2n) is 9.11. The van der Waals surface area contributed by atoms with E-state index in [1.165, 1.54) is 16.2 Å². The van der Waals surface area contributed by atoms with E-state index in [1.54, 1.807) is 17.9 Å². The van der Waals surface area contributed by atoms with Crippen LogP contribution >= 0.6 is 11.3 Å². The third-order valence-electron chi connectivity index (χ3n) is 6.17. The number of allylic oxidation sites excluding steroid dienone is 4. The number of carbonyl (C=O) groups excluding carboxylic acids is 2. The van der Waals surface area contributed by atoms with E-state index >= 15 is 0 Å². The number of nitrogens with one attached hydrogen (secondary N) is 2. The summed E-state index contributed by atoms with van der Waals surface area (Å²) < 4.78 is 7.02. The number of ether oxygens (including phenoxy) is 1. The molecule has 0 aromatic carbocycles. The van der Waals surface area contributed by atoms with E-state index in [9.17, 15) is 14.9 Å². The molecule has 9 heteroatoms. The van der Waals surface area contributed by atoms with Gasteiger partial charge in [-0.25, -0.2) is 0 Å². The smallest absolute Gasteiger partial charge is 0.225 e. The second-order valence-corrected chi connectivity index (χ2v) is 10.2. The van der Waals surface area contributed by atoms with Crippen LogP contribution in [-0.2, 0) is 40.8 Å². The van der Waals surface area contributed by atoms with Gasteiger partial charge in [-0.15, -0.1) is 11.3 Å². The third kappa shape index (κ3) is 8.85. The second kappa shape index (κ2) is 14.9. The van der Waals surface area contributed by atoms with Gasteiger partial charge in [-0.1, -0.05) is 43.9 Å². The van der Waals surface area contributed by atoms with Gasteiger partial charge in [0.05, 0.1) is 23.5 Å². The number of amides is 2. The van der Waals surface area contributed by atoms with Crippen molar-refractivity contribution in [1.82, 2.24) is 15.1 Å². The van der Waals surface area contributed by atoms with E-state index in [-0.39, 0.29) is 11.8 Å². The largest absolute Gasteiger partial charge is 0.384 e. The lowest BCUT2D eigenvalue weighted by atomic mass is 9.88. The number of nitrogens with zero attached hydrogens (tertiary/aromatic N) is 3. The highest BCUT2D eigenvalue weighted by atomic mass is 32.1. The Morgan fingerprint density at radius 3 is 2.84 bits per heavy atom. The van der Waals surface area contributed by atoms with Crippen LogP contribution in [-0.4, -0.2) is 35.8 Å². The van der Waals surface area contributed by atoms with E-state index in [4.69, 9.17) is 4.74 Å². The van der Waals surface area contributed by atoms with Gasteiger partial charge in [0.15, 0.2) is 0 Å². The summed E-state index contributed by atoms with van der Waals surface area (Å²) in [5.41, 5.74) is 4.59. The molecule has 2 heterocycles. The summed E-state index contributed by atoms with van der Waals surface area (Å²) in [6.07, 6.45) is 9.19. The summed E-state index contributed by atoms with van der Waals surface area (Å²) in [6.45, 7) is 12.8. The third-order valence-corrected chi connectivity index (χ3v) is 7.34. The minimum Gasteiger partial charge on any atom is -0.384 e. The maximum Gasteiger partial charge on any atom is 0.225 e. The summed E-state index contributed by atoms with van der Waals surface area (Å²) >= 11 is 1.53. The average molecular weight is 524 g/mol. The molecule has 0 saturated carbocycles. The van der Waals surface area contributed by atoms with Gasteiger partial charge in [0.25, 0.3) is 0 Å². The molecule has 1 aliphatic carbocycles. The molecule has 2 aromatic heterocycles.